The number of hydrogen-bond donors (Lipinski definition) is 2. The smallest absolute Gasteiger partial charge is 0.422 e. The first-order valence-corrected chi connectivity index (χ1v) is 12.8. The van der Waals surface area contributed by atoms with Gasteiger partial charge in [-0.2, -0.15) is 8.42 Å². The number of carboxylic acid groups (broad SMARTS) is 1. The molecule has 0 spiro atoms. The molecule has 3 aromatic rings. The van der Waals surface area contributed by atoms with Crippen molar-refractivity contribution in [3.63, 3.8) is 0 Å². The van der Waals surface area contributed by atoms with Crippen molar-refractivity contribution in [2.24, 2.45) is 0 Å². The zero-order valence-electron chi connectivity index (χ0n) is 19.6. The van der Waals surface area contributed by atoms with Gasteiger partial charge in [-0.3, -0.25) is 4.79 Å². The second-order valence-electron chi connectivity index (χ2n) is 8.69. The predicted octanol–water partition coefficient (Wildman–Crippen LogP) is 4.98. The van der Waals surface area contributed by atoms with Crippen LogP contribution in [0.5, 0.6) is 5.75 Å². The number of ether oxygens (including phenoxy) is 2. The first-order chi connectivity index (χ1) is 16.8. The Morgan fingerprint density at radius 2 is 1.78 bits per heavy atom. The van der Waals surface area contributed by atoms with Crippen LogP contribution in [0.1, 0.15) is 26.3 Å². The highest BCUT2D eigenvalue weighted by atomic mass is 79.9. The van der Waals surface area contributed by atoms with Gasteiger partial charge in [0.05, 0.1) is 0 Å². The van der Waals surface area contributed by atoms with Gasteiger partial charge in [-0.05, 0) is 49.9 Å². The number of amides is 1. The SMILES string of the molecule is CC(C)(C)OC(=O)NS(=O)(=O)N(CC(=O)O)c1c(OCc2ccccc2)cc2ccc(Br)cc2c1F. The average Bonchev–Trinajstić information content (AvgIpc) is 2.76. The summed E-state index contributed by atoms with van der Waals surface area (Å²) >= 11 is 3.25. The summed E-state index contributed by atoms with van der Waals surface area (Å²) in [4.78, 5) is 23.9. The summed E-state index contributed by atoms with van der Waals surface area (Å²) in [5.41, 5.74) is -1.00. The zero-order valence-corrected chi connectivity index (χ0v) is 22.0. The van der Waals surface area contributed by atoms with Gasteiger partial charge >= 0.3 is 22.3 Å². The van der Waals surface area contributed by atoms with Crippen LogP contribution in [-0.2, 0) is 26.3 Å². The summed E-state index contributed by atoms with van der Waals surface area (Å²) in [7, 11) is -4.95. The van der Waals surface area contributed by atoms with Crippen molar-refractivity contribution >= 4 is 54.7 Å². The van der Waals surface area contributed by atoms with E-state index in [1.165, 1.54) is 32.9 Å². The van der Waals surface area contributed by atoms with E-state index in [4.69, 9.17) is 9.47 Å². The minimum Gasteiger partial charge on any atom is -0.487 e. The number of anilines is 1. The van der Waals surface area contributed by atoms with Crippen molar-refractivity contribution in [1.29, 1.82) is 0 Å². The fourth-order valence-electron chi connectivity index (χ4n) is 3.23. The van der Waals surface area contributed by atoms with Gasteiger partial charge in [-0.25, -0.2) is 18.2 Å². The molecule has 0 fully saturated rings. The van der Waals surface area contributed by atoms with Gasteiger partial charge in [-0.15, -0.1) is 0 Å². The second kappa shape index (κ2) is 10.7. The fraction of sp³-hybridized carbons (Fsp3) is 0.250. The van der Waals surface area contributed by atoms with Crippen molar-refractivity contribution in [2.75, 3.05) is 10.8 Å². The number of nitrogens with zero attached hydrogens (tertiary/aromatic N) is 1. The number of nitrogens with one attached hydrogen (secondary N) is 1. The van der Waals surface area contributed by atoms with Crippen molar-refractivity contribution in [1.82, 2.24) is 4.72 Å². The van der Waals surface area contributed by atoms with Gasteiger partial charge < -0.3 is 14.6 Å². The van der Waals surface area contributed by atoms with Crippen LogP contribution in [0.15, 0.2) is 59.1 Å². The van der Waals surface area contributed by atoms with Crippen LogP contribution in [-0.4, -0.2) is 37.7 Å². The topological polar surface area (TPSA) is 122 Å². The van der Waals surface area contributed by atoms with Gasteiger partial charge in [-0.1, -0.05) is 52.3 Å². The molecule has 3 rings (SSSR count). The number of benzene rings is 3. The second-order valence-corrected chi connectivity index (χ2v) is 11.2. The number of aliphatic carboxylic acids is 1. The Hall–Kier alpha value is -3.38. The number of carbonyl (C=O) groups is 2. The molecule has 0 aliphatic heterocycles. The molecule has 0 heterocycles. The molecule has 0 atom stereocenters. The van der Waals surface area contributed by atoms with Crippen LogP contribution >= 0.6 is 15.9 Å². The molecule has 0 aliphatic rings. The lowest BCUT2D eigenvalue weighted by molar-refractivity contribution is -0.135. The van der Waals surface area contributed by atoms with Crippen LogP contribution < -0.4 is 13.8 Å². The van der Waals surface area contributed by atoms with Crippen molar-refractivity contribution in [2.45, 2.75) is 33.0 Å². The molecule has 0 saturated heterocycles. The molecule has 0 aliphatic carbocycles. The highest BCUT2D eigenvalue weighted by Crippen LogP contribution is 2.39. The van der Waals surface area contributed by atoms with E-state index in [1.54, 1.807) is 47.2 Å². The normalized spacial score (nSPS) is 11.7. The maximum atomic E-state index is 15.9. The highest BCUT2D eigenvalue weighted by Gasteiger charge is 2.34. The molecule has 1 amide bonds. The van der Waals surface area contributed by atoms with Crippen LogP contribution in [0.3, 0.4) is 0 Å². The van der Waals surface area contributed by atoms with Gasteiger partial charge in [0.1, 0.15) is 30.2 Å². The molecule has 192 valence electrons. The number of carboxylic acids is 1. The molecule has 36 heavy (non-hydrogen) atoms. The number of rotatable bonds is 8. The Balaban J connectivity index is 2.16. The summed E-state index contributed by atoms with van der Waals surface area (Å²) in [5.74, 6) is -2.87. The van der Waals surface area contributed by atoms with E-state index in [2.05, 4.69) is 15.9 Å². The van der Waals surface area contributed by atoms with Crippen molar-refractivity contribution < 1.29 is 37.0 Å². The zero-order chi connectivity index (χ0) is 26.7. The Bertz CT molecular complexity index is 1390. The van der Waals surface area contributed by atoms with Crippen molar-refractivity contribution in [3.8, 4) is 5.75 Å². The minimum absolute atomic E-state index is 0.00860. The quantitative estimate of drug-likeness (QED) is 0.384. The van der Waals surface area contributed by atoms with E-state index >= 15 is 4.39 Å². The first-order valence-electron chi connectivity index (χ1n) is 10.6. The van der Waals surface area contributed by atoms with Gasteiger partial charge in [0.15, 0.2) is 5.82 Å². The summed E-state index contributed by atoms with van der Waals surface area (Å²) < 4.78 is 55.4. The Morgan fingerprint density at radius 1 is 1.11 bits per heavy atom. The number of hydrogen-bond acceptors (Lipinski definition) is 6. The number of fused-ring (bicyclic) bond motifs is 1. The molecule has 3 aromatic carbocycles. The largest absolute Gasteiger partial charge is 0.487 e. The standard InChI is InChI=1S/C24H24BrFN2O7S/c1-24(2,3)35-23(31)27-36(32,33)28(13-20(29)30)22-19(34-14-15-7-5-4-6-8-15)11-16-9-10-17(25)12-18(16)21(22)26/h4-12H,13-14H2,1-3H3,(H,27,31)(H,29,30). The predicted molar refractivity (Wildman–Crippen MR) is 136 cm³/mol. The van der Waals surface area contributed by atoms with E-state index in [9.17, 15) is 23.1 Å². The maximum Gasteiger partial charge on any atom is 0.422 e. The van der Waals surface area contributed by atoms with Gasteiger partial charge in [0.25, 0.3) is 0 Å². The van der Waals surface area contributed by atoms with E-state index < -0.39 is 45.9 Å². The van der Waals surface area contributed by atoms with Gasteiger partial charge in [0, 0.05) is 9.86 Å². The number of halogens is 2. The molecule has 0 unspecified atom stereocenters. The van der Waals surface area contributed by atoms with E-state index in [0.29, 0.717) is 15.4 Å². The third kappa shape index (κ3) is 6.85. The molecule has 0 bridgehead atoms. The lowest BCUT2D eigenvalue weighted by Gasteiger charge is -2.27. The summed E-state index contributed by atoms with van der Waals surface area (Å²) in [6, 6.07) is 14.9. The monoisotopic (exact) mass is 582 g/mol. The Kier molecular flexibility index (Phi) is 8.09. The Morgan fingerprint density at radius 3 is 2.39 bits per heavy atom. The van der Waals surface area contributed by atoms with Crippen LogP contribution in [0.25, 0.3) is 10.8 Å². The molecule has 12 heteroatoms. The summed E-state index contributed by atoms with van der Waals surface area (Å²) in [6.07, 6.45) is -1.35. The average molecular weight is 583 g/mol. The highest BCUT2D eigenvalue weighted by molar-refractivity contribution is 9.10. The molecule has 0 saturated carbocycles. The van der Waals surface area contributed by atoms with Crippen LogP contribution in [0.2, 0.25) is 0 Å². The molecule has 9 nitrogen and oxygen atoms in total. The molecule has 2 N–H and O–H groups in total. The minimum atomic E-state index is -4.95. The van der Waals surface area contributed by atoms with Crippen LogP contribution in [0, 0.1) is 5.82 Å². The van der Waals surface area contributed by atoms with Crippen molar-refractivity contribution in [3.05, 3.63) is 70.5 Å². The summed E-state index contributed by atoms with van der Waals surface area (Å²) in [5, 5.41) is 9.85. The molecule has 0 radical (unpaired) electrons. The van der Waals surface area contributed by atoms with Crippen LogP contribution in [0.4, 0.5) is 14.9 Å². The summed E-state index contributed by atoms with van der Waals surface area (Å²) in [6.45, 7) is 3.30. The fourth-order valence-corrected chi connectivity index (χ4v) is 4.65. The maximum absolute atomic E-state index is 15.9. The molecule has 0 aromatic heterocycles. The molecular weight excluding hydrogens is 559 g/mol. The lowest BCUT2D eigenvalue weighted by atomic mass is 10.1. The lowest BCUT2D eigenvalue weighted by Crippen LogP contribution is -2.47. The third-order valence-electron chi connectivity index (χ3n) is 4.65. The van der Waals surface area contributed by atoms with E-state index in [0.717, 1.165) is 0 Å². The first kappa shape index (κ1) is 27.2. The number of carbonyl (C=O) groups excluding carboxylic acids is 1. The third-order valence-corrected chi connectivity index (χ3v) is 6.46. The Labute approximate surface area is 216 Å². The van der Waals surface area contributed by atoms with E-state index in [1.807, 2.05) is 0 Å². The van der Waals surface area contributed by atoms with E-state index in [-0.39, 0.29) is 22.0 Å². The molecular formula is C24H24BrFN2O7S. The van der Waals surface area contributed by atoms with Gasteiger partial charge in [0.2, 0.25) is 0 Å².